The van der Waals surface area contributed by atoms with Crippen molar-refractivity contribution in [3.05, 3.63) is 63.4 Å². The van der Waals surface area contributed by atoms with Crippen molar-refractivity contribution in [2.75, 3.05) is 6.26 Å². The van der Waals surface area contributed by atoms with Crippen molar-refractivity contribution in [1.29, 1.82) is 0 Å². The third-order valence-electron chi connectivity index (χ3n) is 4.59. The summed E-state index contributed by atoms with van der Waals surface area (Å²) in [5.74, 6) is -0.292. The van der Waals surface area contributed by atoms with Crippen LogP contribution in [0.5, 0.6) is 0 Å². The largest absolute Gasteiger partial charge is 0.352 e. The first-order valence-corrected chi connectivity index (χ1v) is 11.4. The van der Waals surface area contributed by atoms with Crippen molar-refractivity contribution in [2.24, 2.45) is 0 Å². The highest BCUT2D eigenvalue weighted by Crippen LogP contribution is 2.29. The molecule has 154 valence electrons. The van der Waals surface area contributed by atoms with Crippen LogP contribution in [-0.4, -0.2) is 32.3 Å². The topological polar surface area (TPSA) is 86.0 Å². The zero-order valence-corrected chi connectivity index (χ0v) is 18.3. The van der Waals surface area contributed by atoms with Crippen LogP contribution in [0.3, 0.4) is 0 Å². The summed E-state index contributed by atoms with van der Waals surface area (Å²) in [6, 6.07) is 10.7. The molecule has 7 nitrogen and oxygen atoms in total. The van der Waals surface area contributed by atoms with Gasteiger partial charge in [0, 0.05) is 22.5 Å². The predicted octanol–water partition coefficient (Wildman–Crippen LogP) is 3.01. The summed E-state index contributed by atoms with van der Waals surface area (Å²) in [4.78, 5) is 45.3. The molecule has 0 spiro atoms. The summed E-state index contributed by atoms with van der Waals surface area (Å²) in [7, 11) is 0. The minimum atomic E-state index is -0.548. The molecule has 1 N–H and O–H groups in total. The summed E-state index contributed by atoms with van der Waals surface area (Å²) in [5, 5.41) is 3.50. The molecule has 3 aromatic heterocycles. The number of carbonyl (C=O) groups excluding carboxylic acids is 1. The molecular formula is C21H20N4O3S2. The quantitative estimate of drug-likeness (QED) is 0.482. The van der Waals surface area contributed by atoms with Gasteiger partial charge in [-0.1, -0.05) is 6.07 Å². The second-order valence-electron chi connectivity index (χ2n) is 7.07. The standard InChI is InChI=1S/C21H20N4O3S2/c1-12(2)23-16(26)11-24-17-15-8-5-9-22-19(15)30-18(17)20(27)25(21(24)28)13-6-4-7-14(10-13)29-3/h4-10,12H,11H2,1-3H3,(H,23,26). The average Bonchev–Trinajstić information content (AvgIpc) is 3.11. The zero-order chi connectivity index (χ0) is 21.4. The maximum atomic E-state index is 13.5. The number of nitrogens with one attached hydrogen (secondary N) is 1. The SMILES string of the molecule is CSc1cccc(-n2c(=O)c3sc4ncccc4c3n(CC(=O)NC(C)C)c2=O)c1. The van der Waals surface area contributed by atoms with E-state index in [1.807, 2.05) is 32.2 Å². The molecule has 4 aromatic rings. The highest BCUT2D eigenvalue weighted by molar-refractivity contribution is 7.98. The number of nitrogens with zero attached hydrogens (tertiary/aromatic N) is 3. The van der Waals surface area contributed by atoms with Crippen molar-refractivity contribution >= 4 is 49.4 Å². The number of carbonyl (C=O) groups is 1. The van der Waals surface area contributed by atoms with Gasteiger partial charge in [0.15, 0.2) is 0 Å². The number of aromatic nitrogens is 3. The molecule has 0 fully saturated rings. The summed E-state index contributed by atoms with van der Waals surface area (Å²) in [6.45, 7) is 3.53. The Hall–Kier alpha value is -2.91. The Morgan fingerprint density at radius 3 is 2.77 bits per heavy atom. The van der Waals surface area contributed by atoms with Crippen molar-refractivity contribution in [3.63, 3.8) is 0 Å². The Morgan fingerprint density at radius 1 is 1.23 bits per heavy atom. The molecule has 1 aromatic carbocycles. The van der Waals surface area contributed by atoms with Gasteiger partial charge in [-0.2, -0.15) is 0 Å². The molecule has 0 atom stereocenters. The van der Waals surface area contributed by atoms with Crippen LogP contribution in [0, 0.1) is 0 Å². The Kier molecular flexibility index (Phi) is 5.48. The van der Waals surface area contributed by atoms with Crippen LogP contribution in [0.15, 0.2) is 57.1 Å². The zero-order valence-electron chi connectivity index (χ0n) is 16.7. The number of amides is 1. The smallest absolute Gasteiger partial charge is 0.336 e. The minimum absolute atomic E-state index is 0.0613. The van der Waals surface area contributed by atoms with Crippen LogP contribution in [-0.2, 0) is 11.3 Å². The second-order valence-corrected chi connectivity index (χ2v) is 8.95. The van der Waals surface area contributed by atoms with Crippen LogP contribution < -0.4 is 16.6 Å². The molecule has 3 heterocycles. The number of hydrogen-bond donors (Lipinski definition) is 1. The van der Waals surface area contributed by atoms with E-state index in [0.717, 1.165) is 9.46 Å². The average molecular weight is 441 g/mol. The van der Waals surface area contributed by atoms with E-state index in [9.17, 15) is 14.4 Å². The predicted molar refractivity (Wildman–Crippen MR) is 122 cm³/mol. The lowest BCUT2D eigenvalue weighted by atomic mass is 10.2. The first kappa shape index (κ1) is 20.4. The molecule has 4 rings (SSSR count). The molecule has 0 saturated carbocycles. The molecule has 0 saturated heterocycles. The molecule has 1 amide bonds. The Labute approximate surface area is 180 Å². The Bertz CT molecular complexity index is 1380. The highest BCUT2D eigenvalue weighted by Gasteiger charge is 2.21. The summed E-state index contributed by atoms with van der Waals surface area (Å²) in [5.41, 5.74) is -0.0264. The fourth-order valence-corrected chi connectivity index (χ4v) is 4.90. The molecule has 30 heavy (non-hydrogen) atoms. The molecule has 0 aliphatic heterocycles. The van der Waals surface area contributed by atoms with Crippen LogP contribution in [0.25, 0.3) is 26.1 Å². The second kappa shape index (κ2) is 8.08. The van der Waals surface area contributed by atoms with E-state index >= 15 is 0 Å². The van der Waals surface area contributed by atoms with Gasteiger partial charge in [0.05, 0.1) is 11.2 Å². The van der Waals surface area contributed by atoms with Gasteiger partial charge in [0.25, 0.3) is 5.56 Å². The molecular weight excluding hydrogens is 420 g/mol. The van der Waals surface area contributed by atoms with Gasteiger partial charge < -0.3 is 5.32 Å². The summed E-state index contributed by atoms with van der Waals surface area (Å²) >= 11 is 2.75. The van der Waals surface area contributed by atoms with Crippen molar-refractivity contribution in [3.8, 4) is 5.69 Å². The first-order valence-electron chi connectivity index (χ1n) is 9.37. The lowest BCUT2D eigenvalue weighted by Gasteiger charge is -2.14. The Morgan fingerprint density at radius 2 is 2.03 bits per heavy atom. The number of fused-ring (bicyclic) bond motifs is 3. The van der Waals surface area contributed by atoms with E-state index in [4.69, 9.17) is 0 Å². The number of benzene rings is 1. The van der Waals surface area contributed by atoms with Crippen LogP contribution in [0.2, 0.25) is 0 Å². The van der Waals surface area contributed by atoms with E-state index in [1.165, 1.54) is 27.7 Å². The lowest BCUT2D eigenvalue weighted by Crippen LogP contribution is -2.42. The van der Waals surface area contributed by atoms with Crippen LogP contribution >= 0.6 is 23.1 Å². The maximum Gasteiger partial charge on any atom is 0.336 e. The number of thiophene rings is 1. The van der Waals surface area contributed by atoms with Gasteiger partial charge in [-0.3, -0.25) is 14.2 Å². The van der Waals surface area contributed by atoms with Crippen LogP contribution in [0.4, 0.5) is 0 Å². The van der Waals surface area contributed by atoms with Crippen molar-refractivity contribution < 1.29 is 4.79 Å². The van der Waals surface area contributed by atoms with E-state index in [-0.39, 0.29) is 18.5 Å². The Balaban J connectivity index is 2.06. The normalized spacial score (nSPS) is 11.5. The molecule has 9 heteroatoms. The first-order chi connectivity index (χ1) is 14.4. The third-order valence-corrected chi connectivity index (χ3v) is 6.41. The third kappa shape index (κ3) is 3.54. The highest BCUT2D eigenvalue weighted by atomic mass is 32.2. The molecule has 0 aliphatic rings. The number of rotatable bonds is 5. The lowest BCUT2D eigenvalue weighted by molar-refractivity contribution is -0.122. The number of thioether (sulfide) groups is 1. The van der Waals surface area contributed by atoms with E-state index in [1.54, 1.807) is 30.5 Å². The van der Waals surface area contributed by atoms with E-state index < -0.39 is 11.2 Å². The summed E-state index contributed by atoms with van der Waals surface area (Å²) in [6.07, 6.45) is 3.57. The van der Waals surface area contributed by atoms with E-state index in [0.29, 0.717) is 26.1 Å². The maximum absolute atomic E-state index is 13.5. The van der Waals surface area contributed by atoms with Gasteiger partial charge in [-0.05, 0) is 50.4 Å². The fraction of sp³-hybridized carbons (Fsp3) is 0.238. The van der Waals surface area contributed by atoms with Crippen molar-refractivity contribution in [2.45, 2.75) is 31.3 Å². The van der Waals surface area contributed by atoms with Crippen LogP contribution in [0.1, 0.15) is 13.8 Å². The van der Waals surface area contributed by atoms with Gasteiger partial charge in [0.2, 0.25) is 5.91 Å². The molecule has 0 unspecified atom stereocenters. The van der Waals surface area contributed by atoms with Crippen molar-refractivity contribution in [1.82, 2.24) is 19.4 Å². The summed E-state index contributed by atoms with van der Waals surface area (Å²) < 4.78 is 2.91. The number of pyridine rings is 1. The van der Waals surface area contributed by atoms with Gasteiger partial charge >= 0.3 is 5.69 Å². The van der Waals surface area contributed by atoms with Gasteiger partial charge in [0.1, 0.15) is 16.1 Å². The molecule has 0 bridgehead atoms. The monoisotopic (exact) mass is 440 g/mol. The molecule has 0 aliphatic carbocycles. The van der Waals surface area contributed by atoms with Gasteiger partial charge in [-0.15, -0.1) is 23.1 Å². The van der Waals surface area contributed by atoms with E-state index in [2.05, 4.69) is 10.3 Å². The number of hydrogen-bond acceptors (Lipinski definition) is 6. The molecule has 0 radical (unpaired) electrons. The fourth-order valence-electron chi connectivity index (χ4n) is 3.37. The minimum Gasteiger partial charge on any atom is -0.352 e. The van der Waals surface area contributed by atoms with Gasteiger partial charge in [-0.25, -0.2) is 14.3 Å².